The van der Waals surface area contributed by atoms with Crippen LogP contribution in [0.5, 0.6) is 0 Å². The van der Waals surface area contributed by atoms with E-state index in [1.807, 2.05) is 0 Å². The molecule has 0 bridgehead atoms. The Kier molecular flexibility index (Phi) is 5.73. The topological polar surface area (TPSA) is 72.3 Å². The van der Waals surface area contributed by atoms with Gasteiger partial charge in [-0.15, -0.1) is 5.10 Å². The van der Waals surface area contributed by atoms with Gasteiger partial charge in [-0.05, 0) is 6.92 Å². The van der Waals surface area contributed by atoms with Crippen molar-refractivity contribution in [2.24, 2.45) is 0 Å². The van der Waals surface area contributed by atoms with Crippen molar-refractivity contribution in [1.82, 2.24) is 25.2 Å². The highest BCUT2D eigenvalue weighted by molar-refractivity contribution is 5.79. The first-order valence-electron chi connectivity index (χ1n) is 5.87. The van der Waals surface area contributed by atoms with Crippen molar-refractivity contribution >= 4 is 5.91 Å². The fraction of sp³-hybridized carbons (Fsp3) is 0.727. The van der Waals surface area contributed by atoms with Gasteiger partial charge in [0, 0.05) is 34.3 Å². The first kappa shape index (κ1) is 14.6. The molecule has 0 aliphatic carbocycles. The highest BCUT2D eigenvalue weighted by atomic mass is 16.5. The van der Waals surface area contributed by atoms with Gasteiger partial charge in [0.1, 0.15) is 6.04 Å². The number of carbonyl (C=O) groups is 1. The SMILES string of the molecule is COCCNCc1cn(C(C)C(=O)N(C)C)nn1. The molecular formula is C11H21N5O2. The Labute approximate surface area is 107 Å². The van der Waals surface area contributed by atoms with E-state index in [1.165, 1.54) is 0 Å². The lowest BCUT2D eigenvalue weighted by Gasteiger charge is -2.16. The molecule has 1 aromatic rings. The lowest BCUT2D eigenvalue weighted by atomic mass is 10.3. The zero-order chi connectivity index (χ0) is 13.5. The van der Waals surface area contributed by atoms with Gasteiger partial charge < -0.3 is 15.0 Å². The predicted molar refractivity (Wildman–Crippen MR) is 67.0 cm³/mol. The molecule has 0 aliphatic heterocycles. The second kappa shape index (κ2) is 7.07. The van der Waals surface area contributed by atoms with E-state index in [0.717, 1.165) is 12.2 Å². The fourth-order valence-corrected chi connectivity index (χ4v) is 1.46. The molecule has 1 atom stereocenters. The van der Waals surface area contributed by atoms with Gasteiger partial charge in [0.15, 0.2) is 0 Å². The Hall–Kier alpha value is -1.47. The van der Waals surface area contributed by atoms with Crippen LogP contribution in [0.1, 0.15) is 18.7 Å². The summed E-state index contributed by atoms with van der Waals surface area (Å²) in [7, 11) is 5.11. The Morgan fingerprint density at radius 2 is 2.33 bits per heavy atom. The lowest BCUT2D eigenvalue weighted by molar-refractivity contribution is -0.132. The van der Waals surface area contributed by atoms with Crippen molar-refractivity contribution < 1.29 is 9.53 Å². The van der Waals surface area contributed by atoms with Gasteiger partial charge in [-0.2, -0.15) is 0 Å². The molecular weight excluding hydrogens is 234 g/mol. The van der Waals surface area contributed by atoms with Crippen LogP contribution in [-0.2, 0) is 16.1 Å². The molecule has 1 aromatic heterocycles. The molecule has 0 aliphatic rings. The molecule has 0 aromatic carbocycles. The second-order valence-corrected chi connectivity index (χ2v) is 4.27. The maximum Gasteiger partial charge on any atom is 0.246 e. The molecule has 1 N–H and O–H groups in total. The smallest absolute Gasteiger partial charge is 0.246 e. The van der Waals surface area contributed by atoms with Crippen molar-refractivity contribution in [3.63, 3.8) is 0 Å². The molecule has 102 valence electrons. The van der Waals surface area contributed by atoms with E-state index in [0.29, 0.717) is 13.2 Å². The minimum absolute atomic E-state index is 0.00112. The first-order chi connectivity index (χ1) is 8.56. The third-order valence-electron chi connectivity index (χ3n) is 2.54. The molecule has 18 heavy (non-hydrogen) atoms. The monoisotopic (exact) mass is 255 g/mol. The number of methoxy groups -OCH3 is 1. The number of rotatable bonds is 7. The number of amides is 1. The van der Waals surface area contributed by atoms with Gasteiger partial charge in [-0.25, -0.2) is 4.68 Å². The van der Waals surface area contributed by atoms with Crippen LogP contribution in [0.2, 0.25) is 0 Å². The quantitative estimate of drug-likeness (QED) is 0.675. The highest BCUT2D eigenvalue weighted by Crippen LogP contribution is 2.07. The summed E-state index contributed by atoms with van der Waals surface area (Å²) in [5.41, 5.74) is 0.810. The minimum Gasteiger partial charge on any atom is -0.383 e. The van der Waals surface area contributed by atoms with Crippen LogP contribution < -0.4 is 5.32 Å². The number of ether oxygens (including phenoxy) is 1. The molecule has 1 rings (SSSR count). The van der Waals surface area contributed by atoms with Crippen molar-refractivity contribution in [3.05, 3.63) is 11.9 Å². The Morgan fingerprint density at radius 1 is 1.61 bits per heavy atom. The fourth-order valence-electron chi connectivity index (χ4n) is 1.46. The molecule has 1 amide bonds. The number of nitrogens with zero attached hydrogens (tertiary/aromatic N) is 4. The molecule has 0 radical (unpaired) electrons. The molecule has 0 fully saturated rings. The van der Waals surface area contributed by atoms with Crippen molar-refractivity contribution in [3.8, 4) is 0 Å². The molecule has 7 heteroatoms. The summed E-state index contributed by atoms with van der Waals surface area (Å²) in [5.74, 6) is -0.00112. The molecule has 1 unspecified atom stereocenters. The summed E-state index contributed by atoms with van der Waals surface area (Å²) in [6, 6.07) is -0.333. The van der Waals surface area contributed by atoms with Crippen LogP contribution in [0.3, 0.4) is 0 Å². The highest BCUT2D eigenvalue weighted by Gasteiger charge is 2.18. The van der Waals surface area contributed by atoms with E-state index in [-0.39, 0.29) is 11.9 Å². The van der Waals surface area contributed by atoms with Crippen molar-refractivity contribution in [2.45, 2.75) is 19.5 Å². The van der Waals surface area contributed by atoms with Crippen LogP contribution in [-0.4, -0.2) is 60.2 Å². The lowest BCUT2D eigenvalue weighted by Crippen LogP contribution is -2.30. The summed E-state index contributed by atoms with van der Waals surface area (Å²) in [5, 5.41) is 11.2. The third kappa shape index (κ3) is 4.08. The minimum atomic E-state index is -0.333. The maximum absolute atomic E-state index is 11.8. The van der Waals surface area contributed by atoms with E-state index >= 15 is 0 Å². The summed E-state index contributed by atoms with van der Waals surface area (Å²) in [6.45, 7) is 3.84. The molecule has 1 heterocycles. The van der Waals surface area contributed by atoms with Crippen LogP contribution in [0, 0.1) is 0 Å². The van der Waals surface area contributed by atoms with Gasteiger partial charge in [0.05, 0.1) is 18.5 Å². The molecule has 0 saturated carbocycles. The van der Waals surface area contributed by atoms with Crippen molar-refractivity contribution in [2.75, 3.05) is 34.4 Å². The summed E-state index contributed by atoms with van der Waals surface area (Å²) >= 11 is 0. The number of hydrogen-bond acceptors (Lipinski definition) is 5. The van der Waals surface area contributed by atoms with E-state index in [9.17, 15) is 4.79 Å². The Balaban J connectivity index is 2.49. The van der Waals surface area contributed by atoms with Gasteiger partial charge in [-0.3, -0.25) is 4.79 Å². The standard InChI is InChI=1S/C11H21N5O2/c1-9(11(17)15(2)3)16-8-10(13-14-16)7-12-5-6-18-4/h8-9,12H,5-7H2,1-4H3. The van der Waals surface area contributed by atoms with Crippen LogP contribution in [0.25, 0.3) is 0 Å². The summed E-state index contributed by atoms with van der Waals surface area (Å²) in [6.07, 6.45) is 1.78. The predicted octanol–water partition coefficient (Wildman–Crippen LogP) is -0.337. The first-order valence-corrected chi connectivity index (χ1v) is 5.87. The van der Waals surface area contributed by atoms with Gasteiger partial charge in [-0.1, -0.05) is 5.21 Å². The maximum atomic E-state index is 11.8. The van der Waals surface area contributed by atoms with E-state index < -0.39 is 0 Å². The average Bonchev–Trinajstić information content (AvgIpc) is 2.81. The van der Waals surface area contributed by atoms with Gasteiger partial charge in [0.25, 0.3) is 0 Å². The molecule has 7 nitrogen and oxygen atoms in total. The second-order valence-electron chi connectivity index (χ2n) is 4.27. The Bertz CT molecular complexity index is 377. The summed E-state index contributed by atoms with van der Waals surface area (Å²) in [4.78, 5) is 13.3. The third-order valence-corrected chi connectivity index (χ3v) is 2.54. The number of hydrogen-bond donors (Lipinski definition) is 1. The van der Waals surface area contributed by atoms with Gasteiger partial charge in [0.2, 0.25) is 5.91 Å². The Morgan fingerprint density at radius 3 is 2.94 bits per heavy atom. The average molecular weight is 255 g/mol. The number of likely N-dealkylation sites (N-methyl/N-ethyl adjacent to an activating group) is 1. The normalized spacial score (nSPS) is 12.4. The van der Waals surface area contributed by atoms with E-state index in [1.54, 1.807) is 43.9 Å². The molecule has 0 saturated heterocycles. The van der Waals surface area contributed by atoms with E-state index in [4.69, 9.17) is 4.74 Å². The zero-order valence-electron chi connectivity index (χ0n) is 11.4. The number of carbonyl (C=O) groups excluding carboxylic acids is 1. The van der Waals surface area contributed by atoms with Crippen molar-refractivity contribution in [1.29, 1.82) is 0 Å². The van der Waals surface area contributed by atoms with Crippen LogP contribution in [0.15, 0.2) is 6.20 Å². The molecule has 0 spiro atoms. The van der Waals surface area contributed by atoms with E-state index in [2.05, 4.69) is 15.6 Å². The number of nitrogens with one attached hydrogen (secondary N) is 1. The summed E-state index contributed by atoms with van der Waals surface area (Å²) < 4.78 is 6.51. The van der Waals surface area contributed by atoms with Crippen LogP contribution >= 0.6 is 0 Å². The number of aromatic nitrogens is 3. The largest absolute Gasteiger partial charge is 0.383 e. The van der Waals surface area contributed by atoms with Gasteiger partial charge >= 0.3 is 0 Å². The zero-order valence-corrected chi connectivity index (χ0v) is 11.4. The van der Waals surface area contributed by atoms with Crippen LogP contribution in [0.4, 0.5) is 0 Å².